The molecule has 2 heterocycles. The van der Waals surface area contributed by atoms with E-state index in [2.05, 4.69) is 16.8 Å². The highest BCUT2D eigenvalue weighted by molar-refractivity contribution is 5.79. The molecule has 2 saturated heterocycles. The number of urea groups is 1. The topological polar surface area (TPSA) is 55.9 Å². The van der Waals surface area contributed by atoms with Gasteiger partial charge >= 0.3 is 6.03 Å². The van der Waals surface area contributed by atoms with Crippen molar-refractivity contribution in [3.63, 3.8) is 0 Å². The van der Waals surface area contributed by atoms with Gasteiger partial charge < -0.3 is 15.1 Å². The lowest BCUT2D eigenvalue weighted by atomic mass is 10.3. The minimum Gasteiger partial charge on any atom is -0.338 e. The lowest BCUT2D eigenvalue weighted by Gasteiger charge is -2.35. The van der Waals surface area contributed by atoms with Crippen LogP contribution in [0.1, 0.15) is 12.8 Å². The second-order valence-electron chi connectivity index (χ2n) is 5.33. The van der Waals surface area contributed by atoms with E-state index in [-0.39, 0.29) is 11.9 Å². The first-order valence-electron chi connectivity index (χ1n) is 7.34. The highest BCUT2D eigenvalue weighted by Crippen LogP contribution is 2.09. The molecule has 0 unspecified atom stereocenters. The molecule has 2 fully saturated rings. The van der Waals surface area contributed by atoms with E-state index in [1.807, 2.05) is 4.90 Å². The molecule has 0 aromatic carbocycles. The molecule has 20 heavy (non-hydrogen) atoms. The van der Waals surface area contributed by atoms with Gasteiger partial charge in [-0.05, 0) is 25.9 Å². The summed E-state index contributed by atoms with van der Waals surface area (Å²) in [4.78, 5) is 29.8. The Morgan fingerprint density at radius 1 is 1.00 bits per heavy atom. The van der Waals surface area contributed by atoms with Gasteiger partial charge in [-0.25, -0.2) is 4.79 Å². The number of nitrogens with one attached hydrogen (secondary N) is 1. The maximum atomic E-state index is 12.2. The van der Waals surface area contributed by atoms with Crippen molar-refractivity contribution in [1.29, 1.82) is 0 Å². The lowest BCUT2D eigenvalue weighted by Crippen LogP contribution is -2.54. The highest BCUT2D eigenvalue weighted by atomic mass is 16.2. The molecule has 3 amide bonds. The van der Waals surface area contributed by atoms with Crippen molar-refractivity contribution >= 4 is 11.9 Å². The Bertz CT molecular complexity index is 358. The molecule has 112 valence electrons. The average Bonchev–Trinajstić information content (AvgIpc) is 2.97. The highest BCUT2D eigenvalue weighted by Gasteiger charge is 2.25. The molecule has 0 bridgehead atoms. The van der Waals surface area contributed by atoms with E-state index in [1.165, 1.54) is 12.8 Å². The van der Waals surface area contributed by atoms with Crippen molar-refractivity contribution < 1.29 is 9.59 Å². The van der Waals surface area contributed by atoms with E-state index < -0.39 is 0 Å². The largest absolute Gasteiger partial charge is 0.338 e. The Hall–Kier alpha value is -1.56. The van der Waals surface area contributed by atoms with Crippen molar-refractivity contribution in [3.8, 4) is 0 Å². The summed E-state index contributed by atoms with van der Waals surface area (Å²) in [5.41, 5.74) is 0. The number of nitrogens with zero attached hydrogens (tertiary/aromatic N) is 3. The van der Waals surface area contributed by atoms with Crippen molar-refractivity contribution in [2.75, 3.05) is 52.4 Å². The maximum Gasteiger partial charge on any atom is 0.317 e. The summed E-state index contributed by atoms with van der Waals surface area (Å²) >= 11 is 0. The number of hydrogen-bond donors (Lipinski definition) is 1. The maximum absolute atomic E-state index is 12.2. The van der Waals surface area contributed by atoms with Gasteiger partial charge in [0.15, 0.2) is 0 Å². The quantitative estimate of drug-likeness (QED) is 0.744. The summed E-state index contributed by atoms with van der Waals surface area (Å²) < 4.78 is 0. The van der Waals surface area contributed by atoms with E-state index >= 15 is 0 Å². The Morgan fingerprint density at radius 3 is 2.20 bits per heavy atom. The first-order chi connectivity index (χ1) is 9.70. The van der Waals surface area contributed by atoms with Crippen LogP contribution in [0.4, 0.5) is 4.79 Å². The molecule has 0 radical (unpaired) electrons. The van der Waals surface area contributed by atoms with Crippen LogP contribution < -0.4 is 5.32 Å². The van der Waals surface area contributed by atoms with Gasteiger partial charge in [0.25, 0.3) is 0 Å². The van der Waals surface area contributed by atoms with Gasteiger partial charge in [0, 0.05) is 32.7 Å². The molecule has 0 saturated carbocycles. The normalized spacial score (nSPS) is 20.0. The van der Waals surface area contributed by atoms with Gasteiger partial charge in [-0.3, -0.25) is 9.69 Å². The van der Waals surface area contributed by atoms with Crippen molar-refractivity contribution in [3.05, 3.63) is 12.7 Å². The van der Waals surface area contributed by atoms with Crippen LogP contribution in [0.15, 0.2) is 12.7 Å². The fraction of sp³-hybridized carbons (Fsp3) is 0.714. The molecule has 0 aromatic heterocycles. The predicted octanol–water partition coefficient (Wildman–Crippen LogP) is 0.122. The van der Waals surface area contributed by atoms with Gasteiger partial charge in [0.1, 0.15) is 0 Å². The van der Waals surface area contributed by atoms with Crippen LogP contribution in [-0.4, -0.2) is 79.0 Å². The number of amides is 3. The number of piperazine rings is 1. The fourth-order valence-electron chi connectivity index (χ4n) is 2.66. The smallest absolute Gasteiger partial charge is 0.317 e. The van der Waals surface area contributed by atoms with E-state index in [4.69, 9.17) is 0 Å². The van der Waals surface area contributed by atoms with Crippen molar-refractivity contribution in [2.24, 2.45) is 0 Å². The van der Waals surface area contributed by atoms with Gasteiger partial charge in [-0.1, -0.05) is 6.08 Å². The third-order valence-electron chi connectivity index (χ3n) is 3.87. The summed E-state index contributed by atoms with van der Waals surface area (Å²) in [5, 5.41) is 2.76. The summed E-state index contributed by atoms with van der Waals surface area (Å²) in [6, 6.07) is -0.0726. The zero-order chi connectivity index (χ0) is 14.4. The number of carbonyl (C=O) groups is 2. The van der Waals surface area contributed by atoms with E-state index in [9.17, 15) is 9.59 Å². The average molecular weight is 280 g/mol. The van der Waals surface area contributed by atoms with Crippen LogP contribution in [0.2, 0.25) is 0 Å². The zero-order valence-corrected chi connectivity index (χ0v) is 12.0. The SMILES string of the molecule is C=CCNC(=O)N1CCN(C(=O)CN2CCCC2)CC1. The molecule has 0 atom stereocenters. The van der Waals surface area contributed by atoms with Crippen LogP contribution in [-0.2, 0) is 4.79 Å². The number of carbonyl (C=O) groups excluding carboxylic acids is 2. The predicted molar refractivity (Wildman–Crippen MR) is 77.4 cm³/mol. The van der Waals surface area contributed by atoms with E-state index in [0.29, 0.717) is 39.3 Å². The number of rotatable bonds is 4. The first-order valence-corrected chi connectivity index (χ1v) is 7.34. The molecular weight excluding hydrogens is 256 g/mol. The van der Waals surface area contributed by atoms with Gasteiger partial charge in [0.2, 0.25) is 5.91 Å². The molecule has 0 aliphatic carbocycles. The van der Waals surface area contributed by atoms with Crippen LogP contribution in [0.3, 0.4) is 0 Å². The molecule has 2 aliphatic heterocycles. The monoisotopic (exact) mass is 280 g/mol. The van der Waals surface area contributed by atoms with Crippen LogP contribution in [0.25, 0.3) is 0 Å². The third-order valence-corrected chi connectivity index (χ3v) is 3.87. The van der Waals surface area contributed by atoms with E-state index in [0.717, 1.165) is 13.1 Å². The summed E-state index contributed by atoms with van der Waals surface area (Å²) in [6.45, 7) is 9.13. The zero-order valence-electron chi connectivity index (χ0n) is 12.0. The van der Waals surface area contributed by atoms with Gasteiger partial charge in [-0.2, -0.15) is 0 Å². The molecule has 1 N–H and O–H groups in total. The first kappa shape index (κ1) is 14.8. The van der Waals surface area contributed by atoms with Crippen molar-refractivity contribution in [1.82, 2.24) is 20.0 Å². The Balaban J connectivity index is 1.71. The Kier molecular flexibility index (Phi) is 5.40. The van der Waals surface area contributed by atoms with Crippen LogP contribution >= 0.6 is 0 Å². The number of hydrogen-bond acceptors (Lipinski definition) is 3. The number of likely N-dealkylation sites (tertiary alicyclic amines) is 1. The minimum absolute atomic E-state index is 0.0726. The standard InChI is InChI=1S/C14H24N4O2/c1-2-5-15-14(20)18-10-8-17(9-11-18)13(19)12-16-6-3-4-7-16/h2H,1,3-12H2,(H,15,20). The van der Waals surface area contributed by atoms with Gasteiger partial charge in [-0.15, -0.1) is 6.58 Å². The third kappa shape index (κ3) is 3.96. The molecular formula is C14H24N4O2. The van der Waals surface area contributed by atoms with E-state index in [1.54, 1.807) is 11.0 Å². The lowest BCUT2D eigenvalue weighted by molar-refractivity contribution is -0.133. The van der Waals surface area contributed by atoms with Gasteiger partial charge in [0.05, 0.1) is 6.54 Å². The second-order valence-corrected chi connectivity index (χ2v) is 5.33. The molecule has 0 aromatic rings. The fourth-order valence-corrected chi connectivity index (χ4v) is 2.66. The molecule has 2 rings (SSSR count). The van der Waals surface area contributed by atoms with Crippen LogP contribution in [0.5, 0.6) is 0 Å². The molecule has 6 nitrogen and oxygen atoms in total. The van der Waals surface area contributed by atoms with Crippen LogP contribution in [0, 0.1) is 0 Å². The summed E-state index contributed by atoms with van der Waals surface area (Å²) in [5.74, 6) is 0.193. The molecule has 6 heteroatoms. The Morgan fingerprint density at radius 2 is 1.60 bits per heavy atom. The second kappa shape index (κ2) is 7.28. The van der Waals surface area contributed by atoms with Crippen molar-refractivity contribution in [2.45, 2.75) is 12.8 Å². The molecule has 2 aliphatic rings. The minimum atomic E-state index is -0.0726. The summed E-state index contributed by atoms with van der Waals surface area (Å²) in [6.07, 6.45) is 4.06. The Labute approximate surface area is 120 Å². The molecule has 0 spiro atoms. The summed E-state index contributed by atoms with van der Waals surface area (Å²) in [7, 11) is 0.